The maximum atomic E-state index is 13.4. The van der Waals surface area contributed by atoms with Crippen molar-refractivity contribution in [1.82, 2.24) is 4.90 Å². The smallest absolute Gasteiger partial charge is 0.127 e. The number of benzene rings is 1. The Bertz CT molecular complexity index is 321. The van der Waals surface area contributed by atoms with Crippen molar-refractivity contribution >= 4 is 15.9 Å². The van der Waals surface area contributed by atoms with Gasteiger partial charge < -0.3 is 0 Å². The first-order valence-electron chi connectivity index (χ1n) is 4.92. The number of nitrogens with zero attached hydrogens (tertiary/aromatic N) is 1. The molecule has 0 aliphatic carbocycles. The van der Waals surface area contributed by atoms with Crippen molar-refractivity contribution in [3.63, 3.8) is 0 Å². The molecule has 3 heteroatoms. The van der Waals surface area contributed by atoms with Gasteiger partial charge in [0.2, 0.25) is 0 Å². The van der Waals surface area contributed by atoms with Crippen molar-refractivity contribution in [3.8, 4) is 0 Å². The van der Waals surface area contributed by atoms with Crippen LogP contribution in [0.1, 0.15) is 18.4 Å². The lowest BCUT2D eigenvalue weighted by atomic mass is 10.2. The fourth-order valence-electron chi connectivity index (χ4n) is 1.85. The second-order valence-corrected chi connectivity index (χ2v) is 4.63. The molecule has 0 radical (unpaired) electrons. The van der Waals surface area contributed by atoms with Gasteiger partial charge in [0.15, 0.2) is 0 Å². The maximum absolute atomic E-state index is 13.4. The number of halogens is 2. The Morgan fingerprint density at radius 3 is 2.71 bits per heavy atom. The first kappa shape index (κ1) is 10.1. The van der Waals surface area contributed by atoms with E-state index in [1.165, 1.54) is 18.9 Å². The van der Waals surface area contributed by atoms with Crippen LogP contribution < -0.4 is 0 Å². The van der Waals surface area contributed by atoms with Gasteiger partial charge in [0.1, 0.15) is 5.82 Å². The zero-order chi connectivity index (χ0) is 9.97. The number of likely N-dealkylation sites (tertiary alicyclic amines) is 1. The number of rotatable bonds is 2. The maximum Gasteiger partial charge on any atom is 0.127 e. The van der Waals surface area contributed by atoms with Crippen molar-refractivity contribution < 1.29 is 4.39 Å². The molecule has 0 N–H and O–H groups in total. The van der Waals surface area contributed by atoms with Gasteiger partial charge in [-0.25, -0.2) is 4.39 Å². The van der Waals surface area contributed by atoms with Crippen LogP contribution in [0.3, 0.4) is 0 Å². The normalized spacial score (nSPS) is 17.6. The van der Waals surface area contributed by atoms with Gasteiger partial charge in [0.25, 0.3) is 0 Å². The van der Waals surface area contributed by atoms with E-state index in [1.807, 2.05) is 6.07 Å². The summed E-state index contributed by atoms with van der Waals surface area (Å²) in [5, 5.41) is 0. The summed E-state index contributed by atoms with van der Waals surface area (Å²) in [5.41, 5.74) is 0.793. The van der Waals surface area contributed by atoms with Crippen LogP contribution in [0.2, 0.25) is 0 Å². The summed E-state index contributed by atoms with van der Waals surface area (Å²) in [5.74, 6) is -0.0971. The lowest BCUT2D eigenvalue weighted by Gasteiger charge is -2.15. The molecule has 0 saturated carbocycles. The first-order chi connectivity index (χ1) is 6.75. The molecule has 76 valence electrons. The Hall–Kier alpha value is -0.410. The van der Waals surface area contributed by atoms with E-state index >= 15 is 0 Å². The molecule has 0 aromatic heterocycles. The topological polar surface area (TPSA) is 3.24 Å². The molecule has 1 saturated heterocycles. The molecule has 1 nitrogen and oxygen atoms in total. The lowest BCUT2D eigenvalue weighted by Crippen LogP contribution is -2.19. The van der Waals surface area contributed by atoms with E-state index in [-0.39, 0.29) is 5.82 Å². The Kier molecular flexibility index (Phi) is 3.19. The van der Waals surface area contributed by atoms with E-state index in [2.05, 4.69) is 20.8 Å². The highest BCUT2D eigenvalue weighted by Gasteiger charge is 2.13. The molecule has 0 spiro atoms. The highest BCUT2D eigenvalue weighted by molar-refractivity contribution is 9.10. The standard InChI is InChI=1S/C11H13BrFN/c12-10-3-4-11(13)9(7-10)8-14-5-1-2-6-14/h3-4,7H,1-2,5-6,8H2. The number of hydrogen-bond acceptors (Lipinski definition) is 1. The van der Waals surface area contributed by atoms with E-state index in [1.54, 1.807) is 6.07 Å². The van der Waals surface area contributed by atoms with Gasteiger partial charge in [-0.1, -0.05) is 15.9 Å². The van der Waals surface area contributed by atoms with Crippen molar-refractivity contribution in [1.29, 1.82) is 0 Å². The van der Waals surface area contributed by atoms with E-state index in [9.17, 15) is 4.39 Å². The molecule has 2 rings (SSSR count). The third-order valence-corrected chi connectivity index (χ3v) is 3.09. The molecule has 0 amide bonds. The minimum absolute atomic E-state index is 0.0971. The van der Waals surface area contributed by atoms with Crippen LogP contribution in [0.4, 0.5) is 4.39 Å². The van der Waals surface area contributed by atoms with Gasteiger partial charge in [0, 0.05) is 16.6 Å². The third kappa shape index (κ3) is 2.34. The molecule has 1 aliphatic rings. The van der Waals surface area contributed by atoms with Gasteiger partial charge in [0.05, 0.1) is 0 Å². The Balaban J connectivity index is 2.10. The minimum Gasteiger partial charge on any atom is -0.299 e. The predicted octanol–water partition coefficient (Wildman–Crippen LogP) is 3.18. The average Bonchev–Trinajstić information content (AvgIpc) is 2.64. The molecule has 0 atom stereocenters. The molecular weight excluding hydrogens is 245 g/mol. The average molecular weight is 258 g/mol. The number of hydrogen-bond donors (Lipinski definition) is 0. The lowest BCUT2D eigenvalue weighted by molar-refractivity contribution is 0.325. The third-order valence-electron chi connectivity index (χ3n) is 2.60. The molecule has 1 aliphatic heterocycles. The minimum atomic E-state index is -0.0971. The van der Waals surface area contributed by atoms with Crippen LogP contribution >= 0.6 is 15.9 Å². The fraction of sp³-hybridized carbons (Fsp3) is 0.455. The SMILES string of the molecule is Fc1ccc(Br)cc1CN1CCCC1. The second-order valence-electron chi connectivity index (χ2n) is 3.72. The van der Waals surface area contributed by atoms with Crippen molar-refractivity contribution in [2.24, 2.45) is 0 Å². The second kappa shape index (κ2) is 4.41. The highest BCUT2D eigenvalue weighted by atomic mass is 79.9. The highest BCUT2D eigenvalue weighted by Crippen LogP contribution is 2.19. The van der Waals surface area contributed by atoms with Gasteiger partial charge in [-0.2, -0.15) is 0 Å². The summed E-state index contributed by atoms with van der Waals surface area (Å²) in [6.07, 6.45) is 2.49. The van der Waals surface area contributed by atoms with Crippen LogP contribution in [0, 0.1) is 5.82 Å². The van der Waals surface area contributed by atoms with Gasteiger partial charge in [-0.3, -0.25) is 4.90 Å². The molecule has 0 unspecified atom stereocenters. The predicted molar refractivity (Wildman–Crippen MR) is 58.6 cm³/mol. The van der Waals surface area contributed by atoms with Crippen LogP contribution in [0.5, 0.6) is 0 Å². The molecule has 1 aromatic carbocycles. The quantitative estimate of drug-likeness (QED) is 0.787. The van der Waals surface area contributed by atoms with Crippen LogP contribution in [0.25, 0.3) is 0 Å². The van der Waals surface area contributed by atoms with Crippen LogP contribution in [-0.4, -0.2) is 18.0 Å². The van der Waals surface area contributed by atoms with Gasteiger partial charge in [-0.15, -0.1) is 0 Å². The largest absolute Gasteiger partial charge is 0.299 e. The van der Waals surface area contributed by atoms with Gasteiger partial charge >= 0.3 is 0 Å². The Morgan fingerprint density at radius 2 is 2.00 bits per heavy atom. The molecular formula is C11H13BrFN. The Morgan fingerprint density at radius 1 is 1.29 bits per heavy atom. The van der Waals surface area contributed by atoms with Crippen LogP contribution in [0.15, 0.2) is 22.7 Å². The summed E-state index contributed by atoms with van der Waals surface area (Å²) >= 11 is 3.36. The molecule has 1 aromatic rings. The fourth-order valence-corrected chi connectivity index (χ4v) is 2.25. The molecule has 14 heavy (non-hydrogen) atoms. The summed E-state index contributed by atoms with van der Waals surface area (Å²) in [6, 6.07) is 5.13. The Labute approximate surface area is 92.0 Å². The zero-order valence-electron chi connectivity index (χ0n) is 7.97. The monoisotopic (exact) mass is 257 g/mol. The zero-order valence-corrected chi connectivity index (χ0v) is 9.56. The van der Waals surface area contributed by atoms with Crippen molar-refractivity contribution in [2.75, 3.05) is 13.1 Å². The molecule has 1 fully saturated rings. The van der Waals surface area contributed by atoms with Gasteiger partial charge in [-0.05, 0) is 44.1 Å². The summed E-state index contributed by atoms with van der Waals surface area (Å²) in [6.45, 7) is 2.95. The molecule has 1 heterocycles. The van der Waals surface area contributed by atoms with Crippen LogP contribution in [-0.2, 0) is 6.54 Å². The molecule has 0 bridgehead atoms. The first-order valence-corrected chi connectivity index (χ1v) is 5.71. The van der Waals surface area contributed by atoms with Crippen molar-refractivity contribution in [2.45, 2.75) is 19.4 Å². The van der Waals surface area contributed by atoms with E-state index in [4.69, 9.17) is 0 Å². The van der Waals surface area contributed by atoms with E-state index in [0.717, 1.165) is 29.7 Å². The van der Waals surface area contributed by atoms with E-state index < -0.39 is 0 Å². The summed E-state index contributed by atoms with van der Waals surface area (Å²) in [4.78, 5) is 2.30. The summed E-state index contributed by atoms with van der Waals surface area (Å²) < 4.78 is 14.3. The van der Waals surface area contributed by atoms with E-state index in [0.29, 0.717) is 0 Å². The summed E-state index contributed by atoms with van der Waals surface area (Å²) in [7, 11) is 0. The van der Waals surface area contributed by atoms with Crippen molar-refractivity contribution in [3.05, 3.63) is 34.1 Å².